The average Bonchev–Trinajstić information content (AvgIpc) is 2.30. The molecule has 0 aromatic carbocycles. The lowest BCUT2D eigenvalue weighted by Crippen LogP contribution is -2.34. The standard InChI is InChI=1S/C14H22N2/c1-3-9-16-10-5-4-6-14(16)13-7-8-15-12(2)11-13/h7-8,11,14H,3-6,9-10H2,1-2H3/t14-/m0/s1. The molecule has 16 heavy (non-hydrogen) atoms. The molecule has 1 atom stereocenters. The molecule has 1 aliphatic heterocycles. The number of aryl methyl sites for hydroxylation is 1. The van der Waals surface area contributed by atoms with Crippen LogP contribution in [0.2, 0.25) is 0 Å². The van der Waals surface area contributed by atoms with Gasteiger partial charge in [-0.25, -0.2) is 0 Å². The Balaban J connectivity index is 2.16. The fraction of sp³-hybridized carbons (Fsp3) is 0.643. The molecule has 0 unspecified atom stereocenters. The van der Waals surface area contributed by atoms with E-state index in [2.05, 4.69) is 35.9 Å². The Morgan fingerprint density at radius 1 is 1.44 bits per heavy atom. The van der Waals surface area contributed by atoms with Gasteiger partial charge in [0, 0.05) is 17.9 Å². The molecule has 1 aromatic heterocycles. The molecule has 1 aliphatic rings. The Morgan fingerprint density at radius 2 is 2.31 bits per heavy atom. The average molecular weight is 218 g/mol. The topological polar surface area (TPSA) is 16.1 Å². The maximum atomic E-state index is 4.29. The molecule has 0 aliphatic carbocycles. The Hall–Kier alpha value is -0.890. The van der Waals surface area contributed by atoms with Crippen molar-refractivity contribution in [2.45, 2.75) is 45.6 Å². The van der Waals surface area contributed by atoms with Gasteiger partial charge >= 0.3 is 0 Å². The van der Waals surface area contributed by atoms with Gasteiger partial charge in [0.1, 0.15) is 0 Å². The third kappa shape index (κ3) is 2.62. The molecular weight excluding hydrogens is 196 g/mol. The molecule has 0 spiro atoms. The molecule has 0 saturated carbocycles. The number of rotatable bonds is 3. The largest absolute Gasteiger partial charge is 0.296 e. The van der Waals surface area contributed by atoms with Gasteiger partial charge in [-0.05, 0) is 57.0 Å². The van der Waals surface area contributed by atoms with Crippen molar-refractivity contribution in [1.29, 1.82) is 0 Å². The molecule has 0 N–H and O–H groups in total. The number of hydrogen-bond acceptors (Lipinski definition) is 2. The van der Waals surface area contributed by atoms with Crippen LogP contribution in [-0.2, 0) is 0 Å². The fourth-order valence-electron chi connectivity index (χ4n) is 2.70. The molecule has 1 saturated heterocycles. The third-order valence-corrected chi connectivity index (χ3v) is 3.43. The summed E-state index contributed by atoms with van der Waals surface area (Å²) >= 11 is 0. The van der Waals surface area contributed by atoms with Gasteiger partial charge in [-0.2, -0.15) is 0 Å². The minimum absolute atomic E-state index is 0.635. The van der Waals surface area contributed by atoms with Crippen molar-refractivity contribution < 1.29 is 0 Å². The first kappa shape index (κ1) is 11.6. The van der Waals surface area contributed by atoms with Gasteiger partial charge in [-0.3, -0.25) is 9.88 Å². The molecule has 0 amide bonds. The lowest BCUT2D eigenvalue weighted by Gasteiger charge is -2.35. The smallest absolute Gasteiger partial charge is 0.0375 e. The Kier molecular flexibility index (Phi) is 3.94. The number of aromatic nitrogens is 1. The molecule has 2 nitrogen and oxygen atoms in total. The quantitative estimate of drug-likeness (QED) is 0.773. The maximum absolute atomic E-state index is 4.29. The van der Waals surface area contributed by atoms with Crippen LogP contribution in [-0.4, -0.2) is 23.0 Å². The number of nitrogens with zero attached hydrogens (tertiary/aromatic N) is 2. The van der Waals surface area contributed by atoms with Crippen LogP contribution in [0.3, 0.4) is 0 Å². The molecule has 2 heteroatoms. The molecular formula is C14H22N2. The first-order valence-corrected chi connectivity index (χ1v) is 6.48. The van der Waals surface area contributed by atoms with Crippen LogP contribution >= 0.6 is 0 Å². The molecule has 1 fully saturated rings. The predicted molar refractivity (Wildman–Crippen MR) is 67.4 cm³/mol. The first-order chi connectivity index (χ1) is 7.81. The Bertz CT molecular complexity index is 333. The summed E-state index contributed by atoms with van der Waals surface area (Å²) in [7, 11) is 0. The second-order valence-electron chi connectivity index (χ2n) is 4.78. The van der Waals surface area contributed by atoms with Gasteiger partial charge < -0.3 is 0 Å². The maximum Gasteiger partial charge on any atom is 0.0375 e. The fourth-order valence-corrected chi connectivity index (χ4v) is 2.70. The minimum Gasteiger partial charge on any atom is -0.296 e. The lowest BCUT2D eigenvalue weighted by molar-refractivity contribution is 0.149. The number of pyridine rings is 1. The van der Waals surface area contributed by atoms with E-state index >= 15 is 0 Å². The first-order valence-electron chi connectivity index (χ1n) is 6.48. The zero-order valence-corrected chi connectivity index (χ0v) is 10.4. The summed E-state index contributed by atoms with van der Waals surface area (Å²) in [4.78, 5) is 6.92. The molecule has 88 valence electrons. The SMILES string of the molecule is CCCN1CCCC[C@H]1c1ccnc(C)c1. The van der Waals surface area contributed by atoms with Crippen molar-refractivity contribution in [3.8, 4) is 0 Å². The van der Waals surface area contributed by atoms with Crippen molar-refractivity contribution in [2.75, 3.05) is 13.1 Å². The zero-order chi connectivity index (χ0) is 11.4. The van der Waals surface area contributed by atoms with Crippen LogP contribution in [0.4, 0.5) is 0 Å². The molecule has 1 aromatic rings. The van der Waals surface area contributed by atoms with Gasteiger partial charge in [0.2, 0.25) is 0 Å². The second kappa shape index (κ2) is 5.44. The summed E-state index contributed by atoms with van der Waals surface area (Å²) in [5, 5.41) is 0. The van der Waals surface area contributed by atoms with E-state index in [1.165, 1.54) is 44.3 Å². The van der Waals surface area contributed by atoms with Crippen LogP contribution < -0.4 is 0 Å². The van der Waals surface area contributed by atoms with E-state index in [4.69, 9.17) is 0 Å². The number of likely N-dealkylation sites (tertiary alicyclic amines) is 1. The van der Waals surface area contributed by atoms with E-state index in [1.54, 1.807) is 0 Å². The summed E-state index contributed by atoms with van der Waals surface area (Å²) in [6.45, 7) is 6.84. The third-order valence-electron chi connectivity index (χ3n) is 3.43. The highest BCUT2D eigenvalue weighted by atomic mass is 15.2. The highest BCUT2D eigenvalue weighted by Crippen LogP contribution is 2.30. The Morgan fingerprint density at radius 3 is 3.06 bits per heavy atom. The van der Waals surface area contributed by atoms with Crippen LogP contribution in [0.15, 0.2) is 18.3 Å². The van der Waals surface area contributed by atoms with E-state index in [1.807, 2.05) is 6.20 Å². The molecule has 0 radical (unpaired) electrons. The number of piperidine rings is 1. The monoisotopic (exact) mass is 218 g/mol. The van der Waals surface area contributed by atoms with Crippen molar-refractivity contribution in [3.63, 3.8) is 0 Å². The molecule has 0 bridgehead atoms. The van der Waals surface area contributed by atoms with E-state index in [0.29, 0.717) is 6.04 Å². The van der Waals surface area contributed by atoms with Crippen LogP contribution in [0.5, 0.6) is 0 Å². The van der Waals surface area contributed by atoms with Crippen LogP contribution in [0.25, 0.3) is 0 Å². The second-order valence-corrected chi connectivity index (χ2v) is 4.78. The van der Waals surface area contributed by atoms with Gasteiger partial charge in [0.15, 0.2) is 0 Å². The Labute approximate surface area is 98.7 Å². The number of hydrogen-bond donors (Lipinski definition) is 0. The van der Waals surface area contributed by atoms with Crippen molar-refractivity contribution in [3.05, 3.63) is 29.6 Å². The summed E-state index contributed by atoms with van der Waals surface area (Å²) in [6, 6.07) is 5.07. The predicted octanol–water partition coefficient (Wildman–Crippen LogP) is 3.33. The van der Waals surface area contributed by atoms with Crippen molar-refractivity contribution >= 4 is 0 Å². The van der Waals surface area contributed by atoms with Gasteiger partial charge in [0.25, 0.3) is 0 Å². The van der Waals surface area contributed by atoms with Gasteiger partial charge in [-0.1, -0.05) is 13.3 Å². The minimum atomic E-state index is 0.635. The van der Waals surface area contributed by atoms with E-state index in [9.17, 15) is 0 Å². The lowest BCUT2D eigenvalue weighted by atomic mass is 9.95. The van der Waals surface area contributed by atoms with Crippen molar-refractivity contribution in [1.82, 2.24) is 9.88 Å². The highest BCUT2D eigenvalue weighted by Gasteiger charge is 2.22. The summed E-state index contributed by atoms with van der Waals surface area (Å²) in [5.74, 6) is 0. The van der Waals surface area contributed by atoms with E-state index in [-0.39, 0.29) is 0 Å². The van der Waals surface area contributed by atoms with Crippen LogP contribution in [0, 0.1) is 6.92 Å². The van der Waals surface area contributed by atoms with Crippen LogP contribution in [0.1, 0.15) is 49.9 Å². The highest BCUT2D eigenvalue weighted by molar-refractivity contribution is 5.20. The van der Waals surface area contributed by atoms with E-state index in [0.717, 1.165) is 5.69 Å². The van der Waals surface area contributed by atoms with Gasteiger partial charge in [0.05, 0.1) is 0 Å². The molecule has 2 rings (SSSR count). The van der Waals surface area contributed by atoms with Crippen molar-refractivity contribution in [2.24, 2.45) is 0 Å². The normalized spacial score (nSPS) is 22.2. The molecule has 2 heterocycles. The van der Waals surface area contributed by atoms with Gasteiger partial charge in [-0.15, -0.1) is 0 Å². The summed E-state index contributed by atoms with van der Waals surface area (Å²) in [5.41, 5.74) is 2.60. The summed E-state index contributed by atoms with van der Waals surface area (Å²) in [6.07, 6.45) is 7.24. The van der Waals surface area contributed by atoms with E-state index < -0.39 is 0 Å². The zero-order valence-electron chi connectivity index (χ0n) is 10.4. The summed E-state index contributed by atoms with van der Waals surface area (Å²) < 4.78 is 0.